The second kappa shape index (κ2) is 7.17. The van der Waals surface area contributed by atoms with Crippen LogP contribution in [0.5, 0.6) is 0 Å². The maximum Gasteiger partial charge on any atom is 0.271 e. The summed E-state index contributed by atoms with van der Waals surface area (Å²) in [6.07, 6.45) is 3.13. The van der Waals surface area contributed by atoms with Gasteiger partial charge in [-0.1, -0.05) is 6.07 Å². The quantitative estimate of drug-likeness (QED) is 0.383. The maximum atomic E-state index is 10.7. The molecule has 1 aromatic carbocycles. The van der Waals surface area contributed by atoms with Crippen LogP contribution in [0.1, 0.15) is 19.3 Å². The molecule has 22 heavy (non-hydrogen) atoms. The van der Waals surface area contributed by atoms with Crippen molar-refractivity contribution in [2.24, 2.45) is 5.10 Å². The lowest BCUT2D eigenvalue weighted by molar-refractivity contribution is -0.384. The lowest BCUT2D eigenvalue weighted by atomic mass is 10.1. The second-order valence-electron chi connectivity index (χ2n) is 4.89. The summed E-state index contributed by atoms with van der Waals surface area (Å²) < 4.78 is 0. The molecular weight excluding hydrogens is 284 g/mol. The number of likely N-dealkylation sites (tertiary alicyclic amines) is 1. The molecule has 0 aromatic heterocycles. The third-order valence-electron chi connectivity index (χ3n) is 3.36. The highest BCUT2D eigenvalue weighted by Crippen LogP contribution is 2.17. The molecule has 1 aliphatic heterocycles. The molecule has 1 heterocycles. The van der Waals surface area contributed by atoms with E-state index in [-0.39, 0.29) is 17.2 Å². The molecule has 1 saturated heterocycles. The number of hydrogen-bond donors (Lipinski definition) is 2. The fourth-order valence-corrected chi connectivity index (χ4v) is 2.21. The maximum absolute atomic E-state index is 10.7. The first kappa shape index (κ1) is 15.4. The van der Waals surface area contributed by atoms with Crippen LogP contribution in [-0.4, -0.2) is 34.5 Å². The van der Waals surface area contributed by atoms with Gasteiger partial charge in [0.1, 0.15) is 6.07 Å². The Hall–Kier alpha value is -2.95. The van der Waals surface area contributed by atoms with Gasteiger partial charge in [0.2, 0.25) is 5.71 Å². The number of nitro groups is 1. The SMILES string of the molecule is N#C/C(=N\Nc1cccc([N+](=O)[O-])c1)C(=N)N1CCCCC1. The number of nitriles is 1. The zero-order valence-corrected chi connectivity index (χ0v) is 12.0. The first-order valence-electron chi connectivity index (χ1n) is 6.94. The largest absolute Gasteiger partial charge is 0.355 e. The third kappa shape index (κ3) is 3.79. The van der Waals surface area contributed by atoms with Crippen molar-refractivity contribution in [3.05, 3.63) is 34.4 Å². The number of nitrogens with one attached hydrogen (secondary N) is 2. The molecule has 114 valence electrons. The van der Waals surface area contributed by atoms with Gasteiger partial charge < -0.3 is 4.90 Å². The van der Waals surface area contributed by atoms with Crippen molar-refractivity contribution in [1.82, 2.24) is 4.90 Å². The summed E-state index contributed by atoms with van der Waals surface area (Å²) in [5, 5.41) is 31.8. The first-order chi connectivity index (χ1) is 10.6. The van der Waals surface area contributed by atoms with Crippen LogP contribution >= 0.6 is 0 Å². The van der Waals surface area contributed by atoms with Crippen molar-refractivity contribution >= 4 is 22.9 Å². The molecule has 1 fully saturated rings. The monoisotopic (exact) mass is 300 g/mol. The topological polar surface area (TPSA) is 118 Å². The van der Waals surface area contributed by atoms with Crippen LogP contribution in [-0.2, 0) is 0 Å². The molecular formula is C14H16N6O2. The van der Waals surface area contributed by atoms with Crippen LogP contribution in [0.2, 0.25) is 0 Å². The summed E-state index contributed by atoms with van der Waals surface area (Å²) in [6, 6.07) is 7.72. The fourth-order valence-electron chi connectivity index (χ4n) is 2.21. The van der Waals surface area contributed by atoms with E-state index in [0.717, 1.165) is 32.4 Å². The molecule has 0 bridgehead atoms. The average Bonchev–Trinajstić information content (AvgIpc) is 2.56. The summed E-state index contributed by atoms with van der Waals surface area (Å²) in [5.41, 5.74) is 2.90. The van der Waals surface area contributed by atoms with E-state index in [1.165, 1.54) is 18.2 Å². The molecule has 0 spiro atoms. The molecule has 0 aliphatic carbocycles. The number of nitrogens with zero attached hydrogens (tertiary/aromatic N) is 4. The van der Waals surface area contributed by atoms with Crippen molar-refractivity contribution in [2.45, 2.75) is 19.3 Å². The number of anilines is 1. The van der Waals surface area contributed by atoms with Gasteiger partial charge in [-0.25, -0.2) is 0 Å². The number of nitro benzene ring substituents is 1. The van der Waals surface area contributed by atoms with E-state index in [0.29, 0.717) is 5.69 Å². The summed E-state index contributed by atoms with van der Waals surface area (Å²) >= 11 is 0. The molecule has 8 heteroatoms. The molecule has 0 atom stereocenters. The molecule has 0 unspecified atom stereocenters. The van der Waals surface area contributed by atoms with Gasteiger partial charge in [0, 0.05) is 25.2 Å². The minimum atomic E-state index is -0.504. The predicted molar refractivity (Wildman–Crippen MR) is 82.9 cm³/mol. The number of non-ortho nitro benzene ring substituents is 1. The third-order valence-corrected chi connectivity index (χ3v) is 3.36. The molecule has 2 rings (SSSR count). The average molecular weight is 300 g/mol. The normalized spacial score (nSPS) is 15.0. The van der Waals surface area contributed by atoms with E-state index < -0.39 is 4.92 Å². The van der Waals surface area contributed by atoms with Crippen LogP contribution in [0.15, 0.2) is 29.4 Å². The summed E-state index contributed by atoms with van der Waals surface area (Å²) in [5.74, 6) is 0.0835. The summed E-state index contributed by atoms with van der Waals surface area (Å²) in [6.45, 7) is 1.49. The van der Waals surface area contributed by atoms with E-state index in [9.17, 15) is 10.1 Å². The minimum absolute atomic E-state index is 0.0339. The Bertz CT molecular complexity index is 643. The van der Waals surface area contributed by atoms with E-state index >= 15 is 0 Å². The second-order valence-corrected chi connectivity index (χ2v) is 4.89. The van der Waals surface area contributed by atoms with E-state index in [1.54, 1.807) is 6.07 Å². The van der Waals surface area contributed by atoms with Crippen LogP contribution in [0.4, 0.5) is 11.4 Å². The summed E-state index contributed by atoms with van der Waals surface area (Å²) in [7, 11) is 0. The first-order valence-corrected chi connectivity index (χ1v) is 6.94. The predicted octanol–water partition coefficient (Wildman–Crippen LogP) is 2.35. The van der Waals surface area contributed by atoms with Gasteiger partial charge in [0.05, 0.1) is 10.6 Å². The van der Waals surface area contributed by atoms with Crippen molar-refractivity contribution < 1.29 is 4.92 Å². The number of amidine groups is 1. The van der Waals surface area contributed by atoms with Gasteiger partial charge in [-0.15, -0.1) is 0 Å². The summed E-state index contributed by atoms with van der Waals surface area (Å²) in [4.78, 5) is 12.0. The Labute approximate surface area is 127 Å². The Balaban J connectivity index is 2.09. The molecule has 1 aliphatic rings. The smallest absolute Gasteiger partial charge is 0.271 e. The molecule has 2 N–H and O–H groups in total. The standard InChI is InChI=1S/C14H16N6O2/c15-10-13(14(16)19-7-2-1-3-8-19)18-17-11-5-4-6-12(9-11)20(21)22/h4-6,9,16-17H,1-3,7-8H2/b16-14?,18-13+. The Morgan fingerprint density at radius 2 is 2.14 bits per heavy atom. The molecule has 8 nitrogen and oxygen atoms in total. The number of hydrogen-bond acceptors (Lipinski definition) is 6. The van der Waals surface area contributed by atoms with Crippen molar-refractivity contribution in [3.63, 3.8) is 0 Å². The van der Waals surface area contributed by atoms with Crippen LogP contribution in [0, 0.1) is 26.9 Å². The van der Waals surface area contributed by atoms with E-state index in [2.05, 4.69) is 10.5 Å². The minimum Gasteiger partial charge on any atom is -0.355 e. The molecule has 0 amide bonds. The molecule has 0 radical (unpaired) electrons. The number of hydrazone groups is 1. The van der Waals surface area contributed by atoms with Gasteiger partial charge >= 0.3 is 0 Å². The zero-order chi connectivity index (χ0) is 15.9. The van der Waals surface area contributed by atoms with Crippen LogP contribution < -0.4 is 5.43 Å². The number of piperidine rings is 1. The zero-order valence-electron chi connectivity index (χ0n) is 12.0. The van der Waals surface area contributed by atoms with E-state index in [1.807, 2.05) is 11.0 Å². The van der Waals surface area contributed by atoms with Crippen molar-refractivity contribution in [3.8, 4) is 6.07 Å². The van der Waals surface area contributed by atoms with Crippen molar-refractivity contribution in [1.29, 1.82) is 10.7 Å². The van der Waals surface area contributed by atoms with Gasteiger partial charge in [0.15, 0.2) is 5.84 Å². The van der Waals surface area contributed by atoms with Gasteiger partial charge in [0.25, 0.3) is 5.69 Å². The Morgan fingerprint density at radius 1 is 1.41 bits per heavy atom. The van der Waals surface area contributed by atoms with Gasteiger partial charge in [-0.05, 0) is 25.3 Å². The lowest BCUT2D eigenvalue weighted by Crippen LogP contribution is -2.39. The fraction of sp³-hybridized carbons (Fsp3) is 0.357. The molecule has 0 saturated carbocycles. The number of rotatable bonds is 4. The highest BCUT2D eigenvalue weighted by Gasteiger charge is 2.18. The Morgan fingerprint density at radius 3 is 2.77 bits per heavy atom. The van der Waals surface area contributed by atoms with E-state index in [4.69, 9.17) is 10.7 Å². The number of benzene rings is 1. The Kier molecular flexibility index (Phi) is 5.03. The van der Waals surface area contributed by atoms with Crippen LogP contribution in [0.25, 0.3) is 0 Å². The van der Waals surface area contributed by atoms with Crippen molar-refractivity contribution in [2.75, 3.05) is 18.5 Å². The lowest BCUT2D eigenvalue weighted by Gasteiger charge is -2.27. The van der Waals surface area contributed by atoms with Gasteiger partial charge in [-0.3, -0.25) is 20.9 Å². The molecule has 1 aromatic rings. The highest BCUT2D eigenvalue weighted by molar-refractivity contribution is 6.46. The highest BCUT2D eigenvalue weighted by atomic mass is 16.6. The van der Waals surface area contributed by atoms with Crippen LogP contribution in [0.3, 0.4) is 0 Å². The van der Waals surface area contributed by atoms with Gasteiger partial charge in [-0.2, -0.15) is 10.4 Å².